The van der Waals surface area contributed by atoms with Crippen LogP contribution >= 0.6 is 11.3 Å². The van der Waals surface area contributed by atoms with Crippen LogP contribution in [0, 0.1) is 12.8 Å². The topological polar surface area (TPSA) is 63.3 Å². The minimum atomic E-state index is 0.508. The summed E-state index contributed by atoms with van der Waals surface area (Å²) in [4.78, 5) is 9.67. The zero-order valence-electron chi connectivity index (χ0n) is 10.2. The van der Waals surface area contributed by atoms with Crippen molar-refractivity contribution in [1.82, 2.24) is 10.3 Å². The Kier molecular flexibility index (Phi) is 5.25. The van der Waals surface area contributed by atoms with Crippen LogP contribution in [0.2, 0.25) is 0 Å². The van der Waals surface area contributed by atoms with E-state index >= 15 is 0 Å². The van der Waals surface area contributed by atoms with Gasteiger partial charge in [-0.25, -0.2) is 9.98 Å². The molecule has 0 radical (unpaired) electrons. The second-order valence-electron chi connectivity index (χ2n) is 4.18. The first-order valence-electron chi connectivity index (χ1n) is 5.53. The summed E-state index contributed by atoms with van der Waals surface area (Å²) in [5.74, 6) is 1.19. The van der Waals surface area contributed by atoms with Gasteiger partial charge in [-0.15, -0.1) is 11.3 Å². The number of aryl methyl sites for hydroxylation is 1. The van der Waals surface area contributed by atoms with Crippen molar-refractivity contribution in [3.8, 4) is 0 Å². The highest BCUT2D eigenvalue weighted by molar-refractivity contribution is 7.11. The number of hydrogen-bond donors (Lipinski definition) is 2. The molecule has 1 aromatic heterocycles. The van der Waals surface area contributed by atoms with E-state index in [2.05, 4.69) is 29.1 Å². The predicted octanol–water partition coefficient (Wildman–Crippen LogP) is 1.90. The molecule has 0 aliphatic heterocycles. The Hall–Kier alpha value is -1.10. The molecule has 0 unspecified atom stereocenters. The molecule has 0 amide bonds. The lowest BCUT2D eigenvalue weighted by molar-refractivity contribution is 0.576. The molecule has 0 atom stereocenters. The maximum Gasteiger partial charge on any atom is 0.189 e. The standard InChI is InChI=1S/C11H20N4S/c1-8(2)4-5-13-11(12)15-7-10-14-6-9(3)16-10/h6,8H,4-5,7H2,1-3H3,(H3,12,13,15). The van der Waals surface area contributed by atoms with Crippen molar-refractivity contribution in [1.29, 1.82) is 0 Å². The van der Waals surface area contributed by atoms with Crippen molar-refractivity contribution < 1.29 is 0 Å². The van der Waals surface area contributed by atoms with E-state index in [1.807, 2.05) is 13.1 Å². The number of guanidine groups is 1. The highest BCUT2D eigenvalue weighted by Crippen LogP contribution is 2.11. The number of thiazole rings is 1. The highest BCUT2D eigenvalue weighted by Gasteiger charge is 1.98. The van der Waals surface area contributed by atoms with Gasteiger partial charge in [0.15, 0.2) is 5.96 Å². The van der Waals surface area contributed by atoms with Crippen molar-refractivity contribution in [2.24, 2.45) is 16.6 Å². The monoisotopic (exact) mass is 240 g/mol. The fourth-order valence-electron chi connectivity index (χ4n) is 1.17. The molecule has 90 valence electrons. The molecule has 3 N–H and O–H groups in total. The summed E-state index contributed by atoms with van der Waals surface area (Å²) in [6.45, 7) is 7.86. The van der Waals surface area contributed by atoms with Gasteiger partial charge in [0.2, 0.25) is 0 Å². The second-order valence-corrected chi connectivity index (χ2v) is 5.49. The molecule has 5 heteroatoms. The number of nitrogens with two attached hydrogens (primary N) is 1. The van der Waals surface area contributed by atoms with Gasteiger partial charge in [-0.2, -0.15) is 0 Å². The van der Waals surface area contributed by atoms with Crippen LogP contribution < -0.4 is 11.1 Å². The first-order valence-corrected chi connectivity index (χ1v) is 6.34. The van der Waals surface area contributed by atoms with Gasteiger partial charge < -0.3 is 11.1 Å². The lowest BCUT2D eigenvalue weighted by Gasteiger charge is -2.06. The van der Waals surface area contributed by atoms with E-state index in [4.69, 9.17) is 5.73 Å². The van der Waals surface area contributed by atoms with E-state index in [0.717, 1.165) is 18.0 Å². The van der Waals surface area contributed by atoms with Crippen LogP contribution in [0.25, 0.3) is 0 Å². The fraction of sp³-hybridized carbons (Fsp3) is 0.636. The van der Waals surface area contributed by atoms with Crippen LogP contribution in [0.15, 0.2) is 11.2 Å². The van der Waals surface area contributed by atoms with Crippen LogP contribution in [0.4, 0.5) is 0 Å². The first kappa shape index (κ1) is 13.0. The smallest absolute Gasteiger partial charge is 0.189 e. The summed E-state index contributed by atoms with van der Waals surface area (Å²) in [6.07, 6.45) is 2.96. The largest absolute Gasteiger partial charge is 0.370 e. The van der Waals surface area contributed by atoms with Crippen LogP contribution in [-0.4, -0.2) is 17.5 Å². The number of nitrogens with one attached hydrogen (secondary N) is 1. The summed E-state index contributed by atoms with van der Waals surface area (Å²) in [6, 6.07) is 0. The third-order valence-corrected chi connectivity index (χ3v) is 2.98. The van der Waals surface area contributed by atoms with E-state index in [1.165, 1.54) is 4.88 Å². The Morgan fingerprint density at radius 3 is 2.94 bits per heavy atom. The van der Waals surface area contributed by atoms with E-state index < -0.39 is 0 Å². The van der Waals surface area contributed by atoms with Gasteiger partial charge >= 0.3 is 0 Å². The Bertz CT molecular complexity index is 344. The SMILES string of the molecule is Cc1cnc(CN=C(N)NCCC(C)C)s1. The van der Waals surface area contributed by atoms with E-state index in [1.54, 1.807) is 11.3 Å². The number of hydrogen-bond acceptors (Lipinski definition) is 3. The fourth-order valence-corrected chi connectivity index (χ4v) is 1.88. The molecule has 1 rings (SSSR count). The number of aliphatic imine (C=N–C) groups is 1. The zero-order valence-corrected chi connectivity index (χ0v) is 11.0. The third kappa shape index (κ3) is 5.11. The highest BCUT2D eigenvalue weighted by atomic mass is 32.1. The molecular weight excluding hydrogens is 220 g/mol. The molecule has 4 nitrogen and oxygen atoms in total. The van der Waals surface area contributed by atoms with Gasteiger partial charge in [0.1, 0.15) is 5.01 Å². The molecule has 1 aromatic rings. The average Bonchev–Trinajstić information content (AvgIpc) is 2.61. The van der Waals surface area contributed by atoms with Gasteiger partial charge in [0.05, 0.1) is 6.54 Å². The molecule has 0 saturated heterocycles. The average molecular weight is 240 g/mol. The van der Waals surface area contributed by atoms with Gasteiger partial charge in [-0.05, 0) is 19.3 Å². The summed E-state index contributed by atoms with van der Waals surface area (Å²) >= 11 is 1.66. The summed E-state index contributed by atoms with van der Waals surface area (Å²) in [5, 5.41) is 4.10. The number of aromatic nitrogens is 1. The molecule has 0 fully saturated rings. The lowest BCUT2D eigenvalue weighted by Crippen LogP contribution is -2.32. The summed E-state index contributed by atoms with van der Waals surface area (Å²) < 4.78 is 0. The molecule has 0 aromatic carbocycles. The molecule has 0 aliphatic carbocycles. The van der Waals surface area contributed by atoms with Crippen molar-refractivity contribution >= 4 is 17.3 Å². The molecule has 0 aliphatic rings. The second kappa shape index (κ2) is 6.48. The van der Waals surface area contributed by atoms with Crippen molar-refractivity contribution in [2.45, 2.75) is 33.7 Å². The molecule has 0 spiro atoms. The minimum Gasteiger partial charge on any atom is -0.370 e. The minimum absolute atomic E-state index is 0.508. The van der Waals surface area contributed by atoms with Gasteiger partial charge in [-0.1, -0.05) is 13.8 Å². The van der Waals surface area contributed by atoms with Crippen LogP contribution in [-0.2, 0) is 6.54 Å². The van der Waals surface area contributed by atoms with E-state index in [9.17, 15) is 0 Å². The maximum atomic E-state index is 5.73. The van der Waals surface area contributed by atoms with E-state index in [-0.39, 0.29) is 0 Å². The Morgan fingerprint density at radius 2 is 2.38 bits per heavy atom. The normalized spacial score (nSPS) is 12.1. The molecule has 0 bridgehead atoms. The van der Waals surface area contributed by atoms with E-state index in [0.29, 0.717) is 18.4 Å². The Balaban J connectivity index is 2.28. The molecular formula is C11H20N4S. The van der Waals surface area contributed by atoms with Gasteiger partial charge in [-0.3, -0.25) is 0 Å². The lowest BCUT2D eigenvalue weighted by atomic mass is 10.1. The summed E-state index contributed by atoms with van der Waals surface area (Å²) in [7, 11) is 0. The summed E-state index contributed by atoms with van der Waals surface area (Å²) in [5.41, 5.74) is 5.73. The van der Waals surface area contributed by atoms with Crippen LogP contribution in [0.3, 0.4) is 0 Å². The zero-order chi connectivity index (χ0) is 12.0. The van der Waals surface area contributed by atoms with Gasteiger partial charge in [0.25, 0.3) is 0 Å². The quantitative estimate of drug-likeness (QED) is 0.610. The molecule has 1 heterocycles. The molecule has 16 heavy (non-hydrogen) atoms. The van der Waals surface area contributed by atoms with Crippen molar-refractivity contribution in [2.75, 3.05) is 6.54 Å². The maximum absolute atomic E-state index is 5.73. The van der Waals surface area contributed by atoms with Crippen LogP contribution in [0.1, 0.15) is 30.2 Å². The van der Waals surface area contributed by atoms with Crippen molar-refractivity contribution in [3.63, 3.8) is 0 Å². The molecule has 0 saturated carbocycles. The predicted molar refractivity (Wildman–Crippen MR) is 69.6 cm³/mol. The number of nitrogens with zero attached hydrogens (tertiary/aromatic N) is 2. The van der Waals surface area contributed by atoms with Crippen LogP contribution in [0.5, 0.6) is 0 Å². The first-order chi connectivity index (χ1) is 7.58. The van der Waals surface area contributed by atoms with Gasteiger partial charge in [0, 0.05) is 17.6 Å². The number of rotatable bonds is 5. The third-order valence-electron chi connectivity index (χ3n) is 2.08. The Morgan fingerprint density at radius 1 is 1.62 bits per heavy atom. The Labute approximate surface area is 101 Å². The van der Waals surface area contributed by atoms with Crippen molar-refractivity contribution in [3.05, 3.63) is 16.1 Å².